The van der Waals surface area contributed by atoms with Crippen LogP contribution in [0.3, 0.4) is 0 Å². The van der Waals surface area contributed by atoms with Crippen LogP contribution in [0.4, 0.5) is 13.2 Å². The molecule has 0 bridgehead atoms. The summed E-state index contributed by atoms with van der Waals surface area (Å²) in [6, 6.07) is 9.10. The maximum atomic E-state index is 12.6. The summed E-state index contributed by atoms with van der Waals surface area (Å²) in [6.45, 7) is 0. The van der Waals surface area contributed by atoms with Crippen molar-refractivity contribution in [1.82, 2.24) is 0 Å². The first-order valence-corrected chi connectivity index (χ1v) is 6.50. The topological polar surface area (TPSA) is 35.2 Å². The normalized spacial score (nSPS) is 11.2. The fraction of sp³-hybridized carbons (Fsp3) is 0.0714. The van der Waals surface area contributed by atoms with Gasteiger partial charge in [0.2, 0.25) is 0 Å². The van der Waals surface area contributed by atoms with Crippen molar-refractivity contribution < 1.29 is 17.9 Å². The lowest BCUT2D eigenvalue weighted by Crippen LogP contribution is -2.09. The van der Waals surface area contributed by atoms with E-state index in [4.69, 9.17) is 34.3 Å². The van der Waals surface area contributed by atoms with Crippen molar-refractivity contribution in [2.45, 2.75) is 6.18 Å². The second-order valence-corrected chi connectivity index (χ2v) is 4.98. The predicted octanol–water partition coefficient (Wildman–Crippen LogP) is 4.79. The van der Waals surface area contributed by atoms with Crippen LogP contribution in [0.5, 0.6) is 11.5 Å². The van der Waals surface area contributed by atoms with Crippen LogP contribution in [0.2, 0.25) is 5.02 Å². The van der Waals surface area contributed by atoms with E-state index in [1.54, 1.807) is 6.07 Å². The van der Waals surface area contributed by atoms with Gasteiger partial charge in [-0.05, 0) is 36.4 Å². The van der Waals surface area contributed by atoms with Crippen molar-refractivity contribution in [3.8, 4) is 11.5 Å². The molecule has 0 fully saturated rings. The Kier molecular flexibility index (Phi) is 4.39. The van der Waals surface area contributed by atoms with Gasteiger partial charge in [0.1, 0.15) is 16.5 Å². The number of thiocarbonyl (C=S) groups is 1. The van der Waals surface area contributed by atoms with E-state index in [9.17, 15) is 13.2 Å². The van der Waals surface area contributed by atoms with Gasteiger partial charge >= 0.3 is 6.18 Å². The second-order valence-electron chi connectivity index (χ2n) is 4.14. The quantitative estimate of drug-likeness (QED) is 0.822. The molecule has 2 rings (SSSR count). The molecule has 0 aromatic heterocycles. The average molecular weight is 332 g/mol. The van der Waals surface area contributed by atoms with Crippen LogP contribution in [0.15, 0.2) is 42.5 Å². The molecule has 0 atom stereocenters. The Morgan fingerprint density at radius 3 is 2.43 bits per heavy atom. The third-order valence-electron chi connectivity index (χ3n) is 2.61. The van der Waals surface area contributed by atoms with Gasteiger partial charge in [-0.25, -0.2) is 0 Å². The highest BCUT2D eigenvalue weighted by Crippen LogP contribution is 2.34. The van der Waals surface area contributed by atoms with Crippen LogP contribution >= 0.6 is 23.8 Å². The molecule has 2 nitrogen and oxygen atoms in total. The van der Waals surface area contributed by atoms with Gasteiger partial charge in [0.15, 0.2) is 0 Å². The van der Waals surface area contributed by atoms with Gasteiger partial charge in [-0.1, -0.05) is 29.9 Å². The minimum Gasteiger partial charge on any atom is -0.456 e. The van der Waals surface area contributed by atoms with Gasteiger partial charge < -0.3 is 10.5 Å². The number of halogens is 4. The summed E-state index contributed by atoms with van der Waals surface area (Å²) < 4.78 is 43.2. The van der Waals surface area contributed by atoms with Crippen molar-refractivity contribution in [3.63, 3.8) is 0 Å². The first kappa shape index (κ1) is 15.6. The van der Waals surface area contributed by atoms with E-state index in [1.165, 1.54) is 24.3 Å². The Balaban J connectivity index is 2.28. The molecule has 21 heavy (non-hydrogen) atoms. The molecule has 0 amide bonds. The maximum Gasteiger partial charge on any atom is 0.416 e. The summed E-state index contributed by atoms with van der Waals surface area (Å²) in [5, 5.41) is 0.206. The van der Waals surface area contributed by atoms with Gasteiger partial charge in [-0.3, -0.25) is 0 Å². The zero-order chi connectivity index (χ0) is 15.6. The Morgan fingerprint density at radius 2 is 1.86 bits per heavy atom. The van der Waals surface area contributed by atoms with Crippen LogP contribution in [-0.2, 0) is 6.18 Å². The SMILES string of the molecule is NC(=S)c1ccc(Oc2cccc(C(F)(F)F)c2)c(Cl)c1. The highest BCUT2D eigenvalue weighted by molar-refractivity contribution is 7.80. The van der Waals surface area contributed by atoms with E-state index in [0.717, 1.165) is 12.1 Å². The van der Waals surface area contributed by atoms with E-state index in [2.05, 4.69) is 0 Å². The summed E-state index contributed by atoms with van der Waals surface area (Å²) in [5.41, 5.74) is 5.21. The van der Waals surface area contributed by atoms with Gasteiger partial charge in [0.25, 0.3) is 0 Å². The molecule has 0 aliphatic heterocycles. The van der Waals surface area contributed by atoms with Crippen molar-refractivity contribution in [2.24, 2.45) is 5.73 Å². The average Bonchev–Trinajstić information content (AvgIpc) is 2.40. The molecule has 7 heteroatoms. The summed E-state index contributed by atoms with van der Waals surface area (Å²) >= 11 is 10.8. The molecular weight excluding hydrogens is 323 g/mol. The van der Waals surface area contributed by atoms with Crippen molar-refractivity contribution in [1.29, 1.82) is 0 Å². The zero-order valence-corrected chi connectivity index (χ0v) is 12.0. The number of benzene rings is 2. The molecule has 0 radical (unpaired) electrons. The summed E-state index contributed by atoms with van der Waals surface area (Å²) in [6.07, 6.45) is -4.43. The Bertz CT molecular complexity index is 688. The van der Waals surface area contributed by atoms with E-state index in [-0.39, 0.29) is 21.5 Å². The van der Waals surface area contributed by atoms with Gasteiger partial charge in [-0.15, -0.1) is 0 Å². The number of hydrogen-bond donors (Lipinski definition) is 1. The third-order valence-corrected chi connectivity index (χ3v) is 3.14. The molecular formula is C14H9ClF3NOS. The maximum absolute atomic E-state index is 12.6. The minimum absolute atomic E-state index is 0.0369. The van der Waals surface area contributed by atoms with Crippen LogP contribution < -0.4 is 10.5 Å². The molecule has 0 spiro atoms. The second kappa shape index (κ2) is 5.91. The molecule has 0 aliphatic rings. The number of alkyl halides is 3. The summed E-state index contributed by atoms with van der Waals surface area (Å²) in [4.78, 5) is 0.169. The standard InChI is InChI=1S/C14H9ClF3NOS/c15-11-6-8(13(19)21)4-5-12(11)20-10-3-1-2-9(7-10)14(16,17)18/h1-7H,(H2,19,21). The predicted molar refractivity (Wildman–Crippen MR) is 78.9 cm³/mol. The monoisotopic (exact) mass is 331 g/mol. The van der Waals surface area contributed by atoms with Crippen LogP contribution in [0, 0.1) is 0 Å². The number of nitrogens with two attached hydrogens (primary N) is 1. The Labute approximate surface area is 129 Å². The molecule has 0 heterocycles. The fourth-order valence-electron chi connectivity index (χ4n) is 1.60. The smallest absolute Gasteiger partial charge is 0.416 e. The highest BCUT2D eigenvalue weighted by atomic mass is 35.5. The van der Waals surface area contributed by atoms with E-state index < -0.39 is 11.7 Å². The molecule has 2 N–H and O–H groups in total. The lowest BCUT2D eigenvalue weighted by Gasteiger charge is -2.11. The van der Waals surface area contributed by atoms with Crippen LogP contribution in [0.1, 0.15) is 11.1 Å². The molecule has 0 saturated carbocycles. The fourth-order valence-corrected chi connectivity index (χ4v) is 1.95. The van der Waals surface area contributed by atoms with E-state index >= 15 is 0 Å². The third kappa shape index (κ3) is 3.86. The Hall–Kier alpha value is -1.79. The van der Waals surface area contributed by atoms with Crippen molar-refractivity contribution >= 4 is 28.8 Å². The van der Waals surface area contributed by atoms with Crippen LogP contribution in [0.25, 0.3) is 0 Å². The van der Waals surface area contributed by atoms with Crippen LogP contribution in [-0.4, -0.2) is 4.99 Å². The molecule has 110 valence electrons. The number of hydrogen-bond acceptors (Lipinski definition) is 2. The summed E-state index contributed by atoms with van der Waals surface area (Å²) in [7, 11) is 0. The highest BCUT2D eigenvalue weighted by Gasteiger charge is 2.30. The molecule has 0 unspecified atom stereocenters. The Morgan fingerprint density at radius 1 is 1.14 bits per heavy atom. The molecule has 2 aromatic carbocycles. The van der Waals surface area contributed by atoms with Crippen molar-refractivity contribution in [2.75, 3.05) is 0 Å². The summed E-state index contributed by atoms with van der Waals surface area (Å²) in [5.74, 6) is 0.255. The van der Waals surface area contributed by atoms with Gasteiger partial charge in [0.05, 0.1) is 10.6 Å². The number of rotatable bonds is 3. The molecule has 0 aliphatic carbocycles. The van der Waals surface area contributed by atoms with Gasteiger partial charge in [-0.2, -0.15) is 13.2 Å². The first-order chi connectivity index (χ1) is 9.77. The first-order valence-electron chi connectivity index (χ1n) is 5.72. The van der Waals surface area contributed by atoms with Crippen molar-refractivity contribution in [3.05, 3.63) is 58.6 Å². The van der Waals surface area contributed by atoms with E-state index in [0.29, 0.717) is 5.56 Å². The van der Waals surface area contributed by atoms with Gasteiger partial charge in [0, 0.05) is 5.56 Å². The number of ether oxygens (including phenoxy) is 1. The largest absolute Gasteiger partial charge is 0.456 e. The lowest BCUT2D eigenvalue weighted by molar-refractivity contribution is -0.137. The lowest BCUT2D eigenvalue weighted by atomic mass is 10.2. The molecule has 0 saturated heterocycles. The zero-order valence-electron chi connectivity index (χ0n) is 10.4. The minimum atomic E-state index is -4.43. The molecule has 2 aromatic rings. The van der Waals surface area contributed by atoms with E-state index in [1.807, 2.05) is 0 Å².